The van der Waals surface area contributed by atoms with Gasteiger partial charge in [0.15, 0.2) is 0 Å². The fourth-order valence-electron chi connectivity index (χ4n) is 1.47. The third kappa shape index (κ3) is 3.30. The Hall–Kier alpha value is -0.0400. The van der Waals surface area contributed by atoms with Crippen molar-refractivity contribution >= 4 is 0 Å². The molecule has 0 saturated heterocycles. The lowest BCUT2D eigenvalue weighted by Crippen LogP contribution is -2.43. The van der Waals surface area contributed by atoms with Crippen LogP contribution in [0.4, 0.5) is 0 Å². The van der Waals surface area contributed by atoms with E-state index < -0.39 is 5.60 Å². The fourth-order valence-corrected chi connectivity index (χ4v) is 1.47. The van der Waals surface area contributed by atoms with E-state index in [-0.39, 0.29) is 5.41 Å². The Bertz CT molecular complexity index is 142. The Morgan fingerprint density at radius 3 is 1.92 bits per heavy atom. The summed E-state index contributed by atoms with van der Waals surface area (Å²) in [5, 5.41) is 10.0. The Morgan fingerprint density at radius 2 is 1.62 bits per heavy atom. The molecule has 0 bridgehead atoms. The first-order chi connectivity index (χ1) is 5.73. The van der Waals surface area contributed by atoms with Gasteiger partial charge in [-0.05, 0) is 25.2 Å². The average Bonchev–Trinajstić information content (AvgIpc) is 1.97. The van der Waals surface area contributed by atoms with Crippen molar-refractivity contribution in [2.24, 2.45) is 11.3 Å². The molecule has 1 heteroatoms. The maximum absolute atomic E-state index is 10.0. The predicted octanol–water partition coefficient (Wildman–Crippen LogP) is 3.61. The smallest absolute Gasteiger partial charge is 0.0644 e. The normalized spacial score (nSPS) is 15.9. The summed E-state index contributed by atoms with van der Waals surface area (Å²) in [5.74, 6) is 0.576. The summed E-state index contributed by atoms with van der Waals surface area (Å²) in [5.41, 5.74) is -0.581. The van der Waals surface area contributed by atoms with Crippen LogP contribution in [-0.2, 0) is 0 Å². The second-order valence-electron chi connectivity index (χ2n) is 5.32. The quantitative estimate of drug-likeness (QED) is 0.695. The number of aliphatic hydroxyl groups is 1. The minimum atomic E-state index is -0.583. The summed E-state index contributed by atoms with van der Waals surface area (Å²) in [6.45, 7) is 12.6. The van der Waals surface area contributed by atoms with Crippen molar-refractivity contribution in [3.05, 3.63) is 0 Å². The molecule has 0 heterocycles. The van der Waals surface area contributed by atoms with Gasteiger partial charge in [0.05, 0.1) is 5.60 Å². The van der Waals surface area contributed by atoms with Gasteiger partial charge < -0.3 is 5.11 Å². The lowest BCUT2D eigenvalue weighted by atomic mass is 9.67. The molecule has 13 heavy (non-hydrogen) atoms. The van der Waals surface area contributed by atoms with Crippen molar-refractivity contribution in [3.8, 4) is 0 Å². The summed E-state index contributed by atoms with van der Waals surface area (Å²) in [7, 11) is 0. The molecular weight excluding hydrogens is 160 g/mol. The molecule has 0 aliphatic carbocycles. The van der Waals surface area contributed by atoms with Crippen LogP contribution < -0.4 is 0 Å². The predicted molar refractivity (Wildman–Crippen MR) is 58.8 cm³/mol. The van der Waals surface area contributed by atoms with Gasteiger partial charge in [0.25, 0.3) is 0 Å². The average molecular weight is 186 g/mol. The lowest BCUT2D eigenvalue weighted by Gasteiger charge is -2.42. The van der Waals surface area contributed by atoms with E-state index in [1.54, 1.807) is 0 Å². The summed E-state index contributed by atoms with van der Waals surface area (Å²) in [4.78, 5) is 0. The maximum Gasteiger partial charge on any atom is 0.0644 e. The number of hydrogen-bond acceptors (Lipinski definition) is 1. The molecule has 1 unspecified atom stereocenters. The van der Waals surface area contributed by atoms with Gasteiger partial charge in [-0.15, -0.1) is 0 Å². The minimum Gasteiger partial charge on any atom is -0.390 e. The van der Waals surface area contributed by atoms with Crippen LogP contribution in [0.1, 0.15) is 60.8 Å². The van der Waals surface area contributed by atoms with Gasteiger partial charge in [-0.25, -0.2) is 0 Å². The van der Waals surface area contributed by atoms with Gasteiger partial charge in [0, 0.05) is 0 Å². The Balaban J connectivity index is 4.27. The highest BCUT2D eigenvalue weighted by molar-refractivity contribution is 4.89. The lowest BCUT2D eigenvalue weighted by molar-refractivity contribution is -0.0667. The first kappa shape index (κ1) is 13.0. The highest BCUT2D eigenvalue weighted by atomic mass is 16.3. The summed E-state index contributed by atoms with van der Waals surface area (Å²) in [6.07, 6.45) is 3.72. The van der Waals surface area contributed by atoms with Crippen LogP contribution in [0.25, 0.3) is 0 Å². The summed E-state index contributed by atoms with van der Waals surface area (Å²) < 4.78 is 0. The van der Waals surface area contributed by atoms with Gasteiger partial charge in [-0.3, -0.25) is 0 Å². The first-order valence-electron chi connectivity index (χ1n) is 5.45. The topological polar surface area (TPSA) is 20.2 Å². The van der Waals surface area contributed by atoms with Gasteiger partial charge in [0.1, 0.15) is 0 Å². The van der Waals surface area contributed by atoms with Crippen molar-refractivity contribution in [1.82, 2.24) is 0 Å². The molecular formula is C12H26O. The van der Waals surface area contributed by atoms with E-state index in [1.165, 1.54) is 19.3 Å². The minimum absolute atomic E-state index is 0.00215. The van der Waals surface area contributed by atoms with Crippen LogP contribution in [-0.4, -0.2) is 10.7 Å². The Kier molecular flexibility index (Phi) is 4.44. The Morgan fingerprint density at radius 1 is 1.15 bits per heavy atom. The molecule has 80 valence electrons. The number of rotatable bonds is 5. The van der Waals surface area contributed by atoms with Gasteiger partial charge in [-0.1, -0.05) is 47.0 Å². The largest absolute Gasteiger partial charge is 0.390 e. The van der Waals surface area contributed by atoms with Gasteiger partial charge >= 0.3 is 0 Å². The van der Waals surface area contributed by atoms with Crippen LogP contribution in [0.5, 0.6) is 0 Å². The van der Waals surface area contributed by atoms with Crippen LogP contribution >= 0.6 is 0 Å². The molecule has 0 amide bonds. The molecule has 0 aromatic heterocycles. The van der Waals surface area contributed by atoms with E-state index in [1.807, 2.05) is 13.8 Å². The SMILES string of the molecule is CCCCC(C)C(C)(C)C(C)(C)O. The van der Waals surface area contributed by atoms with Crippen LogP contribution in [0.15, 0.2) is 0 Å². The molecule has 1 nitrogen and oxygen atoms in total. The third-order valence-corrected chi connectivity index (χ3v) is 3.80. The van der Waals surface area contributed by atoms with Crippen LogP contribution in [0.3, 0.4) is 0 Å². The number of unbranched alkanes of at least 4 members (excludes halogenated alkanes) is 1. The monoisotopic (exact) mass is 186 g/mol. The van der Waals surface area contributed by atoms with Crippen LogP contribution in [0.2, 0.25) is 0 Å². The van der Waals surface area contributed by atoms with E-state index in [0.717, 1.165) is 0 Å². The third-order valence-electron chi connectivity index (χ3n) is 3.80. The van der Waals surface area contributed by atoms with Gasteiger partial charge in [0.2, 0.25) is 0 Å². The molecule has 0 radical (unpaired) electrons. The standard InChI is InChI=1S/C12H26O/c1-7-8-9-10(2)11(3,4)12(5,6)13/h10,13H,7-9H2,1-6H3. The van der Waals surface area contributed by atoms with E-state index >= 15 is 0 Å². The molecule has 1 N–H and O–H groups in total. The van der Waals surface area contributed by atoms with E-state index in [2.05, 4.69) is 27.7 Å². The molecule has 0 spiro atoms. The summed E-state index contributed by atoms with van der Waals surface area (Å²) in [6, 6.07) is 0. The van der Waals surface area contributed by atoms with Crippen molar-refractivity contribution in [2.45, 2.75) is 66.4 Å². The van der Waals surface area contributed by atoms with Crippen molar-refractivity contribution in [3.63, 3.8) is 0 Å². The van der Waals surface area contributed by atoms with Crippen molar-refractivity contribution < 1.29 is 5.11 Å². The second kappa shape index (κ2) is 4.45. The van der Waals surface area contributed by atoms with E-state index in [0.29, 0.717) is 5.92 Å². The summed E-state index contributed by atoms with van der Waals surface area (Å²) >= 11 is 0. The molecule has 1 atom stereocenters. The zero-order valence-corrected chi connectivity index (χ0v) is 10.1. The molecule has 0 aromatic rings. The van der Waals surface area contributed by atoms with Crippen LogP contribution in [0, 0.1) is 11.3 Å². The van der Waals surface area contributed by atoms with E-state index in [9.17, 15) is 5.11 Å². The zero-order valence-electron chi connectivity index (χ0n) is 10.1. The fraction of sp³-hybridized carbons (Fsp3) is 1.00. The highest BCUT2D eigenvalue weighted by Gasteiger charge is 2.38. The molecule has 0 aliphatic rings. The Labute approximate surface area is 83.5 Å². The molecule has 0 rings (SSSR count). The molecule has 0 saturated carbocycles. The molecule has 0 fully saturated rings. The molecule has 0 aromatic carbocycles. The first-order valence-corrected chi connectivity index (χ1v) is 5.45. The van der Waals surface area contributed by atoms with E-state index in [4.69, 9.17) is 0 Å². The highest BCUT2D eigenvalue weighted by Crippen LogP contribution is 2.40. The zero-order chi connectivity index (χ0) is 10.7. The van der Waals surface area contributed by atoms with Crippen molar-refractivity contribution in [2.75, 3.05) is 0 Å². The molecule has 0 aliphatic heterocycles. The number of hydrogen-bond donors (Lipinski definition) is 1. The second-order valence-corrected chi connectivity index (χ2v) is 5.32. The maximum atomic E-state index is 10.0. The van der Waals surface area contributed by atoms with Gasteiger partial charge in [-0.2, -0.15) is 0 Å². The van der Waals surface area contributed by atoms with Crippen molar-refractivity contribution in [1.29, 1.82) is 0 Å².